The van der Waals surface area contributed by atoms with E-state index in [1.54, 1.807) is 0 Å². The van der Waals surface area contributed by atoms with Crippen molar-refractivity contribution < 1.29 is 9.90 Å². The van der Waals surface area contributed by atoms with Crippen molar-refractivity contribution in [2.24, 2.45) is 0 Å². The number of aromatic amines is 1. The summed E-state index contributed by atoms with van der Waals surface area (Å²) in [6, 6.07) is 0. The van der Waals surface area contributed by atoms with Crippen LogP contribution in [0.5, 0.6) is 0 Å². The Kier molecular flexibility index (Phi) is 3.01. The third-order valence-corrected chi connectivity index (χ3v) is 2.13. The molecular formula is C9H12N2O3. The molecule has 0 aliphatic rings. The summed E-state index contributed by atoms with van der Waals surface area (Å²) in [5.41, 5.74) is -0.917. The highest BCUT2D eigenvalue weighted by Gasteiger charge is 2.11. The second kappa shape index (κ2) is 4.04. The van der Waals surface area contributed by atoms with Gasteiger partial charge in [-0.1, -0.05) is 13.8 Å². The first kappa shape index (κ1) is 10.4. The molecule has 2 N–H and O–H groups in total. The van der Waals surface area contributed by atoms with Gasteiger partial charge in [0, 0.05) is 12.1 Å². The molecule has 76 valence electrons. The molecule has 0 aliphatic heterocycles. The van der Waals surface area contributed by atoms with E-state index in [1.807, 2.05) is 13.8 Å². The number of carboxylic acids is 1. The highest BCUT2D eigenvalue weighted by molar-refractivity contribution is 5.86. The molecule has 0 radical (unpaired) electrons. The average Bonchev–Trinajstić information content (AvgIpc) is 2.15. The predicted octanol–water partition coefficient (Wildman–Crippen LogP) is 0.982. The molecular weight excluding hydrogens is 184 g/mol. The normalized spacial score (nSPS) is 12.4. The summed E-state index contributed by atoms with van der Waals surface area (Å²) >= 11 is 0. The van der Waals surface area contributed by atoms with Crippen molar-refractivity contribution in [2.45, 2.75) is 26.2 Å². The van der Waals surface area contributed by atoms with Gasteiger partial charge in [-0.3, -0.25) is 4.79 Å². The van der Waals surface area contributed by atoms with Gasteiger partial charge in [0.15, 0.2) is 0 Å². The molecule has 0 aliphatic carbocycles. The Hall–Kier alpha value is -1.65. The van der Waals surface area contributed by atoms with E-state index in [9.17, 15) is 9.59 Å². The molecule has 5 nitrogen and oxygen atoms in total. The molecule has 0 saturated carbocycles. The van der Waals surface area contributed by atoms with Crippen LogP contribution < -0.4 is 5.56 Å². The average molecular weight is 196 g/mol. The maximum absolute atomic E-state index is 11.2. The third kappa shape index (κ3) is 1.99. The van der Waals surface area contributed by atoms with Gasteiger partial charge in [-0.15, -0.1) is 0 Å². The van der Waals surface area contributed by atoms with Crippen molar-refractivity contribution in [3.63, 3.8) is 0 Å². The number of aromatic carboxylic acids is 1. The molecule has 1 heterocycles. The Bertz CT molecular complexity index is 397. The summed E-state index contributed by atoms with van der Waals surface area (Å²) in [4.78, 5) is 28.1. The van der Waals surface area contributed by atoms with Crippen LogP contribution in [0, 0.1) is 0 Å². The van der Waals surface area contributed by atoms with Gasteiger partial charge in [-0.05, 0) is 6.42 Å². The Labute approximate surface area is 80.8 Å². The van der Waals surface area contributed by atoms with Crippen LogP contribution in [0.15, 0.2) is 11.0 Å². The lowest BCUT2D eigenvalue weighted by atomic mass is 10.1. The Morgan fingerprint density at radius 2 is 2.36 bits per heavy atom. The van der Waals surface area contributed by atoms with Gasteiger partial charge in [0.1, 0.15) is 11.4 Å². The van der Waals surface area contributed by atoms with Gasteiger partial charge in [-0.2, -0.15) is 0 Å². The lowest BCUT2D eigenvalue weighted by Gasteiger charge is -2.06. The smallest absolute Gasteiger partial charge is 0.342 e. The number of nitrogens with one attached hydrogen (secondary N) is 1. The van der Waals surface area contributed by atoms with E-state index in [0.717, 1.165) is 12.6 Å². The highest BCUT2D eigenvalue weighted by Crippen LogP contribution is 2.11. The van der Waals surface area contributed by atoms with Crippen molar-refractivity contribution >= 4 is 5.97 Å². The molecule has 1 rings (SSSR count). The van der Waals surface area contributed by atoms with Crippen molar-refractivity contribution in [1.82, 2.24) is 9.97 Å². The molecule has 1 atom stereocenters. The van der Waals surface area contributed by atoms with Crippen LogP contribution in [-0.4, -0.2) is 21.0 Å². The van der Waals surface area contributed by atoms with E-state index >= 15 is 0 Å². The van der Waals surface area contributed by atoms with E-state index < -0.39 is 11.5 Å². The number of hydrogen-bond donors (Lipinski definition) is 2. The Balaban J connectivity index is 3.13. The van der Waals surface area contributed by atoms with Crippen LogP contribution in [-0.2, 0) is 0 Å². The van der Waals surface area contributed by atoms with Gasteiger partial charge < -0.3 is 10.1 Å². The summed E-state index contributed by atoms with van der Waals surface area (Å²) in [6.45, 7) is 3.88. The van der Waals surface area contributed by atoms with Gasteiger partial charge in [0.25, 0.3) is 5.56 Å². The number of carbonyl (C=O) groups is 1. The predicted molar refractivity (Wildman–Crippen MR) is 50.5 cm³/mol. The van der Waals surface area contributed by atoms with Crippen molar-refractivity contribution in [2.75, 3.05) is 0 Å². The SMILES string of the molecule is CCC(C)c1ncc(C(=O)O)c(=O)[nH]1. The molecule has 1 unspecified atom stereocenters. The molecule has 14 heavy (non-hydrogen) atoms. The molecule has 0 aromatic carbocycles. The minimum atomic E-state index is -1.26. The van der Waals surface area contributed by atoms with E-state index in [4.69, 9.17) is 5.11 Å². The van der Waals surface area contributed by atoms with Gasteiger partial charge >= 0.3 is 5.97 Å². The molecule has 1 aromatic heterocycles. The summed E-state index contributed by atoms with van der Waals surface area (Å²) < 4.78 is 0. The molecule has 0 spiro atoms. The second-order valence-electron chi connectivity index (χ2n) is 3.13. The van der Waals surface area contributed by atoms with Crippen LogP contribution in [0.2, 0.25) is 0 Å². The van der Waals surface area contributed by atoms with E-state index in [2.05, 4.69) is 9.97 Å². The molecule has 0 bridgehead atoms. The minimum Gasteiger partial charge on any atom is -0.477 e. The number of aromatic nitrogens is 2. The summed E-state index contributed by atoms with van der Waals surface area (Å²) in [7, 11) is 0. The van der Waals surface area contributed by atoms with Crippen LogP contribution in [0.1, 0.15) is 42.4 Å². The minimum absolute atomic E-state index is 0.130. The quantitative estimate of drug-likeness (QED) is 0.754. The topological polar surface area (TPSA) is 83.0 Å². The first-order valence-electron chi connectivity index (χ1n) is 4.38. The highest BCUT2D eigenvalue weighted by atomic mass is 16.4. The number of rotatable bonds is 3. The monoisotopic (exact) mass is 196 g/mol. The van der Waals surface area contributed by atoms with Crippen molar-refractivity contribution in [3.8, 4) is 0 Å². The maximum Gasteiger partial charge on any atom is 0.342 e. The standard InChI is InChI=1S/C9H12N2O3/c1-3-5(2)7-10-4-6(9(13)14)8(12)11-7/h4-5H,3H2,1-2H3,(H,13,14)(H,10,11,12). The van der Waals surface area contributed by atoms with Crippen molar-refractivity contribution in [1.29, 1.82) is 0 Å². The lowest BCUT2D eigenvalue weighted by Crippen LogP contribution is -2.20. The van der Waals surface area contributed by atoms with Gasteiger partial charge in [0.2, 0.25) is 0 Å². The maximum atomic E-state index is 11.2. The zero-order valence-corrected chi connectivity index (χ0v) is 8.07. The number of H-pyrrole nitrogens is 1. The number of carboxylic acid groups (broad SMARTS) is 1. The first-order chi connectivity index (χ1) is 6.56. The molecule has 5 heteroatoms. The summed E-state index contributed by atoms with van der Waals surface area (Å²) in [6.07, 6.45) is 1.94. The number of nitrogens with zero attached hydrogens (tertiary/aromatic N) is 1. The zero-order chi connectivity index (χ0) is 10.7. The summed E-state index contributed by atoms with van der Waals surface area (Å²) in [5.74, 6) is -0.595. The van der Waals surface area contributed by atoms with Crippen LogP contribution in [0.4, 0.5) is 0 Å². The Morgan fingerprint density at radius 3 is 2.79 bits per heavy atom. The van der Waals surface area contributed by atoms with Gasteiger partial charge in [0.05, 0.1) is 0 Å². The van der Waals surface area contributed by atoms with E-state index in [0.29, 0.717) is 5.82 Å². The molecule has 0 fully saturated rings. The fraction of sp³-hybridized carbons (Fsp3) is 0.444. The van der Waals surface area contributed by atoms with E-state index in [-0.39, 0.29) is 11.5 Å². The van der Waals surface area contributed by atoms with Crippen molar-refractivity contribution in [3.05, 3.63) is 27.9 Å². The second-order valence-corrected chi connectivity index (χ2v) is 3.13. The summed E-state index contributed by atoms with van der Waals surface area (Å²) in [5, 5.41) is 8.59. The fourth-order valence-corrected chi connectivity index (χ4v) is 1.00. The number of hydrogen-bond acceptors (Lipinski definition) is 3. The van der Waals surface area contributed by atoms with Crippen LogP contribution in [0.3, 0.4) is 0 Å². The molecule has 1 aromatic rings. The lowest BCUT2D eigenvalue weighted by molar-refractivity contribution is 0.0694. The first-order valence-corrected chi connectivity index (χ1v) is 4.38. The fourth-order valence-electron chi connectivity index (χ4n) is 1.00. The van der Waals surface area contributed by atoms with E-state index in [1.165, 1.54) is 0 Å². The molecule has 0 saturated heterocycles. The van der Waals surface area contributed by atoms with Crippen LogP contribution in [0.25, 0.3) is 0 Å². The third-order valence-electron chi connectivity index (χ3n) is 2.13. The Morgan fingerprint density at radius 1 is 1.71 bits per heavy atom. The van der Waals surface area contributed by atoms with Gasteiger partial charge in [-0.25, -0.2) is 9.78 Å². The van der Waals surface area contributed by atoms with Crippen LogP contribution >= 0.6 is 0 Å². The molecule has 0 amide bonds. The zero-order valence-electron chi connectivity index (χ0n) is 8.07. The largest absolute Gasteiger partial charge is 0.477 e.